The molecule has 0 aromatic carbocycles. The Hall–Kier alpha value is -2.24. The Morgan fingerprint density at radius 2 is 2.11 bits per heavy atom. The molecular weight excluding hydrogens is 244 g/mol. The largest absolute Gasteiger partial charge is 0.480 e. The molecule has 1 fully saturated rings. The summed E-state index contributed by atoms with van der Waals surface area (Å²) in [5.74, 6) is -0.176. The van der Waals surface area contributed by atoms with Gasteiger partial charge in [0.25, 0.3) is 0 Å². The van der Waals surface area contributed by atoms with Gasteiger partial charge in [-0.1, -0.05) is 0 Å². The number of nitrogens with zero attached hydrogens (tertiary/aromatic N) is 3. The highest BCUT2D eigenvalue weighted by atomic mass is 16.4. The quantitative estimate of drug-likeness (QED) is 0.867. The van der Waals surface area contributed by atoms with Crippen LogP contribution >= 0.6 is 0 Å². The van der Waals surface area contributed by atoms with Crippen molar-refractivity contribution in [1.82, 2.24) is 15.0 Å². The lowest BCUT2D eigenvalue weighted by Gasteiger charge is -2.26. The number of rotatable bonds is 4. The second kappa shape index (κ2) is 4.15. The standard InChI is InChI=1S/C13H14N4O2/c1-13(12(18)19,8-2-3-8)17-10-5-4-9-11(16-10)15-7-6-14-9/h4-8H,2-3H2,1H3,(H,18,19)(H,15,16,17). The molecule has 1 unspecified atom stereocenters. The Labute approximate surface area is 109 Å². The van der Waals surface area contributed by atoms with Crippen LogP contribution in [-0.4, -0.2) is 31.6 Å². The van der Waals surface area contributed by atoms with Gasteiger partial charge >= 0.3 is 5.97 Å². The molecule has 3 rings (SSSR count). The number of hydrogen-bond donors (Lipinski definition) is 2. The second-order valence-corrected chi connectivity index (χ2v) is 5.00. The van der Waals surface area contributed by atoms with E-state index >= 15 is 0 Å². The number of nitrogens with one attached hydrogen (secondary N) is 1. The van der Waals surface area contributed by atoms with Crippen LogP contribution in [0.2, 0.25) is 0 Å². The van der Waals surface area contributed by atoms with Crippen molar-refractivity contribution in [3.8, 4) is 0 Å². The number of aromatic nitrogens is 3. The van der Waals surface area contributed by atoms with Crippen molar-refractivity contribution >= 4 is 23.0 Å². The zero-order valence-corrected chi connectivity index (χ0v) is 10.5. The number of carboxylic acids is 1. The van der Waals surface area contributed by atoms with E-state index in [0.29, 0.717) is 17.0 Å². The molecule has 1 aliphatic carbocycles. The van der Waals surface area contributed by atoms with Crippen LogP contribution in [0.3, 0.4) is 0 Å². The lowest BCUT2D eigenvalue weighted by atomic mass is 9.96. The first kappa shape index (κ1) is 11.8. The predicted octanol–water partition coefficient (Wildman–Crippen LogP) is 1.69. The molecule has 19 heavy (non-hydrogen) atoms. The number of fused-ring (bicyclic) bond motifs is 1. The van der Waals surface area contributed by atoms with Crippen molar-refractivity contribution in [1.29, 1.82) is 0 Å². The lowest BCUT2D eigenvalue weighted by Crippen LogP contribution is -2.45. The summed E-state index contributed by atoms with van der Waals surface area (Å²) in [6.45, 7) is 1.70. The van der Waals surface area contributed by atoms with E-state index in [4.69, 9.17) is 0 Å². The Morgan fingerprint density at radius 3 is 2.79 bits per heavy atom. The summed E-state index contributed by atoms with van der Waals surface area (Å²) in [6, 6.07) is 3.52. The lowest BCUT2D eigenvalue weighted by molar-refractivity contribution is -0.142. The van der Waals surface area contributed by atoms with Crippen molar-refractivity contribution in [2.24, 2.45) is 5.92 Å². The molecular formula is C13H14N4O2. The first-order chi connectivity index (χ1) is 9.09. The van der Waals surface area contributed by atoms with Crippen LogP contribution in [0.1, 0.15) is 19.8 Å². The third-order valence-electron chi connectivity index (χ3n) is 3.56. The van der Waals surface area contributed by atoms with Crippen LogP contribution in [0.15, 0.2) is 24.5 Å². The summed E-state index contributed by atoms with van der Waals surface area (Å²) in [7, 11) is 0. The monoisotopic (exact) mass is 258 g/mol. The minimum absolute atomic E-state index is 0.157. The zero-order valence-electron chi connectivity index (χ0n) is 10.5. The van der Waals surface area contributed by atoms with Gasteiger partial charge in [0.15, 0.2) is 5.65 Å². The zero-order chi connectivity index (χ0) is 13.5. The van der Waals surface area contributed by atoms with Crippen molar-refractivity contribution < 1.29 is 9.90 Å². The number of carboxylic acid groups (broad SMARTS) is 1. The van der Waals surface area contributed by atoms with E-state index in [9.17, 15) is 9.90 Å². The minimum atomic E-state index is -0.969. The van der Waals surface area contributed by atoms with Crippen LogP contribution in [-0.2, 0) is 4.79 Å². The summed E-state index contributed by atoms with van der Waals surface area (Å²) >= 11 is 0. The van der Waals surface area contributed by atoms with Gasteiger partial charge in [-0.3, -0.25) is 4.98 Å². The van der Waals surface area contributed by atoms with E-state index in [1.165, 1.54) is 0 Å². The van der Waals surface area contributed by atoms with Gasteiger partial charge in [-0.15, -0.1) is 0 Å². The van der Waals surface area contributed by atoms with E-state index in [2.05, 4.69) is 20.3 Å². The van der Waals surface area contributed by atoms with E-state index in [-0.39, 0.29) is 5.92 Å². The minimum Gasteiger partial charge on any atom is -0.480 e. The molecule has 98 valence electrons. The van der Waals surface area contributed by atoms with Gasteiger partial charge in [0.1, 0.15) is 16.9 Å². The van der Waals surface area contributed by atoms with E-state index in [0.717, 1.165) is 12.8 Å². The normalized spacial score (nSPS) is 17.9. The molecule has 1 atom stereocenters. The molecule has 2 aromatic heterocycles. The van der Waals surface area contributed by atoms with Gasteiger partial charge in [0, 0.05) is 12.4 Å². The van der Waals surface area contributed by atoms with Gasteiger partial charge in [-0.2, -0.15) is 0 Å². The van der Waals surface area contributed by atoms with Crippen LogP contribution in [0.25, 0.3) is 11.2 Å². The van der Waals surface area contributed by atoms with Gasteiger partial charge in [0.2, 0.25) is 0 Å². The first-order valence-corrected chi connectivity index (χ1v) is 6.19. The Balaban J connectivity index is 1.93. The maximum Gasteiger partial charge on any atom is 0.329 e. The molecule has 2 heterocycles. The Kier molecular flexibility index (Phi) is 2.58. The molecule has 0 spiro atoms. The highest BCUT2D eigenvalue weighted by molar-refractivity contribution is 5.83. The molecule has 2 N–H and O–H groups in total. The van der Waals surface area contributed by atoms with Crippen molar-refractivity contribution in [2.75, 3.05) is 5.32 Å². The number of hydrogen-bond acceptors (Lipinski definition) is 5. The molecule has 6 nitrogen and oxygen atoms in total. The van der Waals surface area contributed by atoms with E-state index < -0.39 is 11.5 Å². The first-order valence-electron chi connectivity index (χ1n) is 6.19. The number of anilines is 1. The Bertz CT molecular complexity index is 641. The molecule has 0 bridgehead atoms. The second-order valence-electron chi connectivity index (χ2n) is 5.00. The molecule has 2 aromatic rings. The van der Waals surface area contributed by atoms with Gasteiger partial charge in [0.05, 0.1) is 0 Å². The summed E-state index contributed by atoms with van der Waals surface area (Å²) in [5, 5.41) is 12.4. The van der Waals surface area contributed by atoms with Crippen molar-refractivity contribution in [3.63, 3.8) is 0 Å². The predicted molar refractivity (Wildman–Crippen MR) is 69.7 cm³/mol. The smallest absolute Gasteiger partial charge is 0.329 e. The third-order valence-corrected chi connectivity index (χ3v) is 3.56. The average molecular weight is 258 g/mol. The maximum absolute atomic E-state index is 11.5. The van der Waals surface area contributed by atoms with E-state index in [1.807, 2.05) is 0 Å². The topological polar surface area (TPSA) is 88.0 Å². The van der Waals surface area contributed by atoms with Crippen molar-refractivity contribution in [2.45, 2.75) is 25.3 Å². The molecule has 0 saturated heterocycles. The van der Waals surface area contributed by atoms with Crippen LogP contribution < -0.4 is 5.32 Å². The number of carbonyl (C=O) groups is 1. The average Bonchev–Trinajstić information content (AvgIpc) is 3.23. The maximum atomic E-state index is 11.5. The highest BCUT2D eigenvalue weighted by Gasteiger charge is 2.47. The fourth-order valence-corrected chi connectivity index (χ4v) is 2.18. The molecule has 1 aliphatic rings. The highest BCUT2D eigenvalue weighted by Crippen LogP contribution is 2.41. The van der Waals surface area contributed by atoms with Crippen LogP contribution in [0.4, 0.5) is 5.82 Å². The van der Waals surface area contributed by atoms with Gasteiger partial charge in [-0.25, -0.2) is 14.8 Å². The SMILES string of the molecule is CC(Nc1ccc2nccnc2n1)(C(=O)O)C1CC1. The fraction of sp³-hybridized carbons (Fsp3) is 0.385. The summed E-state index contributed by atoms with van der Waals surface area (Å²) in [4.78, 5) is 24.0. The van der Waals surface area contributed by atoms with Gasteiger partial charge in [-0.05, 0) is 37.8 Å². The van der Waals surface area contributed by atoms with Crippen molar-refractivity contribution in [3.05, 3.63) is 24.5 Å². The van der Waals surface area contributed by atoms with Crippen LogP contribution in [0, 0.1) is 5.92 Å². The van der Waals surface area contributed by atoms with Gasteiger partial charge < -0.3 is 10.4 Å². The van der Waals surface area contributed by atoms with Crippen LogP contribution in [0.5, 0.6) is 0 Å². The fourth-order valence-electron chi connectivity index (χ4n) is 2.18. The molecule has 1 saturated carbocycles. The summed E-state index contributed by atoms with van der Waals surface area (Å²) in [5.41, 5.74) is 0.232. The van der Waals surface area contributed by atoms with E-state index in [1.54, 1.807) is 31.5 Å². The number of pyridine rings is 1. The molecule has 0 aliphatic heterocycles. The Morgan fingerprint density at radius 1 is 1.37 bits per heavy atom. The summed E-state index contributed by atoms with van der Waals surface area (Å²) < 4.78 is 0. The molecule has 0 radical (unpaired) electrons. The number of aliphatic carboxylic acids is 1. The molecule has 0 amide bonds. The molecule has 6 heteroatoms. The third kappa shape index (κ3) is 2.09. The summed E-state index contributed by atoms with van der Waals surface area (Å²) in [6.07, 6.45) is 5.03.